The van der Waals surface area contributed by atoms with Crippen LogP contribution in [-0.4, -0.2) is 46.7 Å². The molecule has 1 fully saturated rings. The van der Waals surface area contributed by atoms with Gasteiger partial charge >= 0.3 is 0 Å². The minimum atomic E-state index is -0.553. The molecule has 5 aromatic rings. The molecule has 6 rings (SSSR count). The fourth-order valence-electron chi connectivity index (χ4n) is 5.86. The van der Waals surface area contributed by atoms with Gasteiger partial charge in [0.1, 0.15) is 29.9 Å². The first-order valence-electron chi connectivity index (χ1n) is 17.4. The molecular weight excluding hydrogens is 771 g/mol. The van der Waals surface area contributed by atoms with E-state index in [4.69, 9.17) is 28.4 Å². The lowest BCUT2D eigenvalue weighted by Crippen LogP contribution is -2.61. The standard InChI is InChI=1S/C43H45IO6S/c1-32(44)42(48-30-36-23-13-5-14-24-36)50-41-40(47-29-35-21-11-4-12-22-35)39(46-28-34-19-9-3-10-20-34)38(31-45-27-33-17-7-2-8-18-33)49-43(41)51-37-25-15-6-16-26-37/h2-26,32,38-43H,27-31H2,1H3/t32?,38-,39-,40+,41+,42?,43-/m1/s1. The van der Waals surface area contributed by atoms with Crippen LogP contribution < -0.4 is 0 Å². The number of thioether (sulfide) groups is 1. The molecule has 0 aliphatic carbocycles. The van der Waals surface area contributed by atoms with Gasteiger partial charge in [-0.25, -0.2) is 0 Å². The monoisotopic (exact) mass is 816 g/mol. The molecule has 1 aliphatic rings. The number of benzene rings is 5. The number of hydrogen-bond acceptors (Lipinski definition) is 7. The van der Waals surface area contributed by atoms with E-state index < -0.39 is 36.1 Å². The van der Waals surface area contributed by atoms with Crippen molar-refractivity contribution in [3.05, 3.63) is 174 Å². The molecule has 8 heteroatoms. The highest BCUT2D eigenvalue weighted by atomic mass is 127. The number of ether oxygens (including phenoxy) is 6. The van der Waals surface area contributed by atoms with Crippen molar-refractivity contribution in [1.29, 1.82) is 0 Å². The lowest BCUT2D eigenvalue weighted by molar-refractivity contribution is -0.285. The van der Waals surface area contributed by atoms with Gasteiger partial charge in [-0.3, -0.25) is 0 Å². The van der Waals surface area contributed by atoms with Crippen molar-refractivity contribution in [2.75, 3.05) is 6.61 Å². The van der Waals surface area contributed by atoms with Gasteiger partial charge in [0.05, 0.1) is 37.0 Å². The number of alkyl halides is 1. The zero-order valence-corrected chi connectivity index (χ0v) is 31.7. The van der Waals surface area contributed by atoms with Crippen LogP contribution in [0.2, 0.25) is 0 Å². The van der Waals surface area contributed by atoms with E-state index in [9.17, 15) is 0 Å². The lowest BCUT2D eigenvalue weighted by Gasteiger charge is -2.47. The summed E-state index contributed by atoms with van der Waals surface area (Å²) in [6.07, 6.45) is -2.57. The molecule has 0 N–H and O–H groups in total. The Morgan fingerprint density at radius 3 is 1.53 bits per heavy atom. The maximum Gasteiger partial charge on any atom is 0.170 e. The maximum atomic E-state index is 7.04. The molecule has 0 spiro atoms. The van der Waals surface area contributed by atoms with Crippen LogP contribution in [0.5, 0.6) is 0 Å². The molecule has 5 aromatic carbocycles. The predicted octanol–water partition coefficient (Wildman–Crippen LogP) is 9.64. The Morgan fingerprint density at radius 2 is 1.02 bits per heavy atom. The van der Waals surface area contributed by atoms with Crippen molar-refractivity contribution in [2.24, 2.45) is 0 Å². The summed E-state index contributed by atoms with van der Waals surface area (Å²) in [6.45, 7) is 4.06. The van der Waals surface area contributed by atoms with Crippen LogP contribution in [0.4, 0.5) is 0 Å². The summed E-state index contributed by atoms with van der Waals surface area (Å²) in [6, 6.07) is 51.0. The van der Waals surface area contributed by atoms with Gasteiger partial charge in [0.25, 0.3) is 0 Å². The molecule has 266 valence electrons. The van der Waals surface area contributed by atoms with E-state index in [-0.39, 0.29) is 3.92 Å². The van der Waals surface area contributed by atoms with Gasteiger partial charge in [0.15, 0.2) is 6.29 Å². The van der Waals surface area contributed by atoms with Crippen LogP contribution in [0, 0.1) is 0 Å². The summed E-state index contributed by atoms with van der Waals surface area (Å²) in [5, 5.41) is 0. The smallest absolute Gasteiger partial charge is 0.170 e. The predicted molar refractivity (Wildman–Crippen MR) is 210 cm³/mol. The molecule has 0 aromatic heterocycles. The topological polar surface area (TPSA) is 55.4 Å². The first-order chi connectivity index (χ1) is 25.1. The first kappa shape index (κ1) is 37.7. The molecule has 1 heterocycles. The third kappa shape index (κ3) is 11.7. The minimum absolute atomic E-state index is 0.0269. The largest absolute Gasteiger partial charge is 0.374 e. The molecule has 1 saturated heterocycles. The molecule has 2 unspecified atom stereocenters. The van der Waals surface area contributed by atoms with Gasteiger partial charge in [-0.1, -0.05) is 174 Å². The molecule has 0 radical (unpaired) electrons. The summed E-state index contributed by atoms with van der Waals surface area (Å²) < 4.78 is 40.7. The maximum absolute atomic E-state index is 7.04. The second-order valence-electron chi connectivity index (χ2n) is 12.4. The van der Waals surface area contributed by atoms with E-state index in [0.717, 1.165) is 27.1 Å². The SMILES string of the molecule is CC(I)C(OCc1ccccc1)O[C@H]1[C@@H](OCc2ccccc2)[C@H](OCc2ccccc2)[C@@H](COCc2ccccc2)O[C@@H]1Sc1ccccc1. The van der Waals surface area contributed by atoms with Crippen LogP contribution in [0.15, 0.2) is 157 Å². The highest BCUT2D eigenvalue weighted by molar-refractivity contribution is 14.1. The van der Waals surface area contributed by atoms with Crippen molar-refractivity contribution in [1.82, 2.24) is 0 Å². The molecule has 7 atom stereocenters. The zero-order chi connectivity index (χ0) is 35.1. The van der Waals surface area contributed by atoms with Gasteiger partial charge in [-0.15, -0.1) is 0 Å². The van der Waals surface area contributed by atoms with Crippen molar-refractivity contribution >= 4 is 34.4 Å². The molecule has 0 amide bonds. The zero-order valence-electron chi connectivity index (χ0n) is 28.7. The Balaban J connectivity index is 1.33. The van der Waals surface area contributed by atoms with Crippen LogP contribution in [-0.2, 0) is 54.8 Å². The molecule has 0 saturated carbocycles. The highest BCUT2D eigenvalue weighted by Crippen LogP contribution is 2.39. The van der Waals surface area contributed by atoms with Gasteiger partial charge in [0.2, 0.25) is 0 Å². The second kappa shape index (κ2) is 20.3. The number of hydrogen-bond donors (Lipinski definition) is 0. The highest BCUT2D eigenvalue weighted by Gasteiger charge is 2.50. The Kier molecular flexibility index (Phi) is 15.0. The number of halogens is 1. The van der Waals surface area contributed by atoms with Gasteiger partial charge in [0, 0.05) is 4.90 Å². The molecule has 1 aliphatic heterocycles. The van der Waals surface area contributed by atoms with E-state index in [2.05, 4.69) is 90.2 Å². The quantitative estimate of drug-likeness (QED) is 0.0496. The summed E-state index contributed by atoms with van der Waals surface area (Å²) in [5.41, 5.74) is 3.85. The van der Waals surface area contributed by atoms with E-state index in [0.29, 0.717) is 33.0 Å². The fourth-order valence-corrected chi connectivity index (χ4v) is 7.38. The van der Waals surface area contributed by atoms with Crippen LogP contribution in [0.1, 0.15) is 29.2 Å². The minimum Gasteiger partial charge on any atom is -0.374 e. The van der Waals surface area contributed by atoms with E-state index >= 15 is 0 Å². The Labute approximate surface area is 319 Å². The third-order valence-electron chi connectivity index (χ3n) is 8.47. The lowest BCUT2D eigenvalue weighted by atomic mass is 9.98. The average molecular weight is 817 g/mol. The van der Waals surface area contributed by atoms with Crippen molar-refractivity contribution in [2.45, 2.75) is 78.3 Å². The molecule has 0 bridgehead atoms. The summed E-state index contributed by atoms with van der Waals surface area (Å²) in [4.78, 5) is 1.06. The van der Waals surface area contributed by atoms with Crippen LogP contribution >= 0.6 is 34.4 Å². The van der Waals surface area contributed by atoms with Crippen molar-refractivity contribution in [3.8, 4) is 0 Å². The van der Waals surface area contributed by atoms with E-state index in [1.54, 1.807) is 11.8 Å². The second-order valence-corrected chi connectivity index (χ2v) is 15.6. The van der Waals surface area contributed by atoms with Crippen molar-refractivity contribution < 1.29 is 28.4 Å². The Hall–Kier alpha value is -3.06. The van der Waals surface area contributed by atoms with Gasteiger partial charge in [-0.2, -0.15) is 0 Å². The van der Waals surface area contributed by atoms with E-state index in [1.807, 2.05) is 91.0 Å². The fraction of sp³-hybridized carbons (Fsp3) is 0.302. The van der Waals surface area contributed by atoms with Crippen LogP contribution in [0.25, 0.3) is 0 Å². The Bertz CT molecular complexity index is 1670. The van der Waals surface area contributed by atoms with Crippen LogP contribution in [0.3, 0.4) is 0 Å². The summed E-state index contributed by atoms with van der Waals surface area (Å²) >= 11 is 4.00. The summed E-state index contributed by atoms with van der Waals surface area (Å²) in [7, 11) is 0. The Morgan fingerprint density at radius 1 is 0.569 bits per heavy atom. The normalized spacial score (nSPS) is 21.6. The van der Waals surface area contributed by atoms with Crippen molar-refractivity contribution in [3.63, 3.8) is 0 Å². The van der Waals surface area contributed by atoms with E-state index in [1.165, 1.54) is 0 Å². The average Bonchev–Trinajstić information content (AvgIpc) is 3.17. The first-order valence-corrected chi connectivity index (χ1v) is 19.5. The van der Waals surface area contributed by atoms with Gasteiger partial charge in [-0.05, 0) is 41.3 Å². The number of rotatable bonds is 18. The van der Waals surface area contributed by atoms with Gasteiger partial charge < -0.3 is 28.4 Å². The summed E-state index contributed by atoms with van der Waals surface area (Å²) in [5.74, 6) is 0. The molecular formula is C43H45IO6S. The molecule has 6 nitrogen and oxygen atoms in total. The third-order valence-corrected chi connectivity index (χ3v) is 10.2. The molecule has 51 heavy (non-hydrogen) atoms.